The van der Waals surface area contributed by atoms with Gasteiger partial charge >= 0.3 is 11.9 Å². The van der Waals surface area contributed by atoms with E-state index >= 15 is 0 Å². The first kappa shape index (κ1) is 15.5. The van der Waals surface area contributed by atoms with Crippen LogP contribution in [0.5, 0.6) is 0 Å². The van der Waals surface area contributed by atoms with Gasteiger partial charge in [0.25, 0.3) is 0 Å². The number of esters is 1. The van der Waals surface area contributed by atoms with Crippen LogP contribution in [0.4, 0.5) is 10.1 Å². The molecule has 2 aromatic carbocycles. The van der Waals surface area contributed by atoms with Crippen molar-refractivity contribution in [3.63, 3.8) is 0 Å². The Morgan fingerprint density at radius 1 is 1.05 bits per heavy atom. The van der Waals surface area contributed by atoms with Crippen molar-refractivity contribution in [2.45, 2.75) is 6.92 Å². The van der Waals surface area contributed by atoms with E-state index in [0.29, 0.717) is 11.3 Å². The van der Waals surface area contributed by atoms with Crippen molar-refractivity contribution in [3.8, 4) is 0 Å². The molecule has 0 radical (unpaired) electrons. The number of hydrogen-bond donors (Lipinski definition) is 1. The number of halogens is 1. The number of methoxy groups -OCH3 is 1. The van der Waals surface area contributed by atoms with Gasteiger partial charge in [-0.05, 0) is 42.8 Å². The lowest BCUT2D eigenvalue weighted by Gasteiger charge is -2.11. The van der Waals surface area contributed by atoms with Gasteiger partial charge in [0.05, 0.1) is 23.9 Å². The standard InChI is InChI=1S/C16H14FNO4/c1-10-4-3-5-13(14(10)16(20)21-2)15(19)22-18-12-8-6-11(17)7-9-12/h3-9,18H,1-2H3. The first-order valence-electron chi connectivity index (χ1n) is 6.43. The summed E-state index contributed by atoms with van der Waals surface area (Å²) in [5.41, 5.74) is 3.64. The number of nitrogens with one attached hydrogen (secondary N) is 1. The number of rotatable bonds is 4. The minimum atomic E-state index is -0.742. The van der Waals surface area contributed by atoms with Crippen LogP contribution in [-0.2, 0) is 9.57 Å². The van der Waals surface area contributed by atoms with E-state index in [4.69, 9.17) is 4.84 Å². The molecule has 0 spiro atoms. The predicted octanol–water partition coefficient (Wildman–Crippen LogP) is 3.10. The number of hydrogen-bond acceptors (Lipinski definition) is 5. The van der Waals surface area contributed by atoms with Gasteiger partial charge in [0.2, 0.25) is 0 Å². The molecule has 0 saturated heterocycles. The van der Waals surface area contributed by atoms with Gasteiger partial charge in [0.1, 0.15) is 5.82 Å². The molecule has 1 N–H and O–H groups in total. The molecule has 114 valence electrons. The second-order valence-corrected chi connectivity index (χ2v) is 4.49. The van der Waals surface area contributed by atoms with Crippen LogP contribution in [0.25, 0.3) is 0 Å². The predicted molar refractivity (Wildman–Crippen MR) is 78.0 cm³/mol. The van der Waals surface area contributed by atoms with Crippen LogP contribution >= 0.6 is 0 Å². The molecule has 0 heterocycles. The number of benzene rings is 2. The first-order chi connectivity index (χ1) is 10.5. The maximum atomic E-state index is 12.8. The summed E-state index contributed by atoms with van der Waals surface area (Å²) in [5, 5.41) is 0. The largest absolute Gasteiger partial charge is 0.465 e. The number of carbonyl (C=O) groups excluding carboxylic acids is 2. The average molecular weight is 303 g/mol. The Morgan fingerprint density at radius 2 is 1.73 bits per heavy atom. The molecule has 0 saturated carbocycles. The fraction of sp³-hybridized carbons (Fsp3) is 0.125. The van der Waals surface area contributed by atoms with Gasteiger partial charge in [-0.15, -0.1) is 0 Å². The van der Waals surface area contributed by atoms with E-state index < -0.39 is 17.8 Å². The molecule has 0 atom stereocenters. The normalized spacial score (nSPS) is 9.95. The molecule has 2 rings (SSSR count). The van der Waals surface area contributed by atoms with Crippen LogP contribution in [0.3, 0.4) is 0 Å². The van der Waals surface area contributed by atoms with Gasteiger partial charge in [0, 0.05) is 0 Å². The van der Waals surface area contributed by atoms with Gasteiger partial charge in [-0.1, -0.05) is 12.1 Å². The van der Waals surface area contributed by atoms with Gasteiger partial charge in [-0.25, -0.2) is 19.5 Å². The molecule has 0 amide bonds. The van der Waals surface area contributed by atoms with Crippen molar-refractivity contribution in [2.75, 3.05) is 12.6 Å². The van der Waals surface area contributed by atoms with E-state index in [2.05, 4.69) is 10.2 Å². The fourth-order valence-corrected chi connectivity index (χ4v) is 1.89. The zero-order valence-electron chi connectivity index (χ0n) is 12.1. The summed E-state index contributed by atoms with van der Waals surface area (Å²) < 4.78 is 17.5. The summed E-state index contributed by atoms with van der Waals surface area (Å²) in [4.78, 5) is 28.8. The SMILES string of the molecule is COC(=O)c1c(C)cccc1C(=O)ONc1ccc(F)cc1. The lowest BCUT2D eigenvalue weighted by atomic mass is 10.0. The van der Waals surface area contributed by atoms with Crippen LogP contribution in [-0.4, -0.2) is 19.0 Å². The maximum absolute atomic E-state index is 12.8. The quantitative estimate of drug-likeness (QED) is 0.694. The summed E-state index contributed by atoms with van der Waals surface area (Å²) in [6, 6.07) is 10.1. The van der Waals surface area contributed by atoms with Crippen molar-refractivity contribution in [3.05, 3.63) is 65.0 Å². The molecule has 22 heavy (non-hydrogen) atoms. The topological polar surface area (TPSA) is 64.6 Å². The van der Waals surface area contributed by atoms with Crippen LogP contribution in [0.15, 0.2) is 42.5 Å². The Bertz CT molecular complexity index is 698. The highest BCUT2D eigenvalue weighted by Crippen LogP contribution is 2.17. The number of carbonyl (C=O) groups is 2. The van der Waals surface area contributed by atoms with E-state index in [1.165, 1.54) is 37.4 Å². The van der Waals surface area contributed by atoms with Crippen molar-refractivity contribution >= 4 is 17.6 Å². The van der Waals surface area contributed by atoms with Gasteiger partial charge in [-0.2, -0.15) is 0 Å². The molecule has 0 bridgehead atoms. The number of anilines is 1. The smallest absolute Gasteiger partial charge is 0.363 e. The first-order valence-corrected chi connectivity index (χ1v) is 6.43. The van der Waals surface area contributed by atoms with E-state index in [1.807, 2.05) is 0 Å². The lowest BCUT2D eigenvalue weighted by molar-refractivity contribution is 0.0552. The highest BCUT2D eigenvalue weighted by atomic mass is 19.1. The fourth-order valence-electron chi connectivity index (χ4n) is 1.89. The Kier molecular flexibility index (Phi) is 4.73. The molecule has 0 fully saturated rings. The minimum absolute atomic E-state index is 0.0847. The molecule has 2 aromatic rings. The summed E-state index contributed by atoms with van der Waals surface area (Å²) in [6.45, 7) is 1.69. The average Bonchev–Trinajstić information content (AvgIpc) is 2.53. The molecule has 0 aliphatic heterocycles. The van der Waals surface area contributed by atoms with Crippen LogP contribution in [0.1, 0.15) is 26.3 Å². The molecule has 0 aliphatic carbocycles. The third-order valence-corrected chi connectivity index (χ3v) is 2.99. The van der Waals surface area contributed by atoms with Gasteiger partial charge in [-0.3, -0.25) is 0 Å². The Labute approximate surface area is 126 Å². The zero-order valence-corrected chi connectivity index (χ0v) is 12.1. The molecule has 5 nitrogen and oxygen atoms in total. The van der Waals surface area contributed by atoms with Crippen LogP contribution in [0, 0.1) is 12.7 Å². The van der Waals surface area contributed by atoms with Crippen molar-refractivity contribution in [1.29, 1.82) is 0 Å². The third-order valence-electron chi connectivity index (χ3n) is 2.99. The molecule has 0 aliphatic rings. The second-order valence-electron chi connectivity index (χ2n) is 4.49. The van der Waals surface area contributed by atoms with Crippen molar-refractivity contribution in [1.82, 2.24) is 0 Å². The molecule has 0 aromatic heterocycles. The highest BCUT2D eigenvalue weighted by Gasteiger charge is 2.21. The molecular formula is C16H14FNO4. The summed E-state index contributed by atoms with van der Waals surface area (Å²) in [6.07, 6.45) is 0. The van der Waals surface area contributed by atoms with E-state index in [1.54, 1.807) is 19.1 Å². The summed E-state index contributed by atoms with van der Waals surface area (Å²) in [5.74, 6) is -1.76. The van der Waals surface area contributed by atoms with E-state index in [9.17, 15) is 14.0 Å². The number of aryl methyl sites for hydroxylation is 1. The zero-order chi connectivity index (χ0) is 16.1. The Hall–Kier alpha value is -2.89. The monoisotopic (exact) mass is 303 g/mol. The Balaban J connectivity index is 2.17. The van der Waals surface area contributed by atoms with Crippen molar-refractivity contribution < 1.29 is 23.6 Å². The van der Waals surface area contributed by atoms with E-state index in [-0.39, 0.29) is 11.1 Å². The van der Waals surface area contributed by atoms with Gasteiger partial charge in [0.15, 0.2) is 0 Å². The molecule has 6 heteroatoms. The van der Waals surface area contributed by atoms with Crippen LogP contribution in [0.2, 0.25) is 0 Å². The van der Waals surface area contributed by atoms with Crippen LogP contribution < -0.4 is 5.48 Å². The number of ether oxygens (including phenoxy) is 1. The van der Waals surface area contributed by atoms with E-state index in [0.717, 1.165) is 0 Å². The Morgan fingerprint density at radius 3 is 2.36 bits per heavy atom. The lowest BCUT2D eigenvalue weighted by Crippen LogP contribution is -2.17. The summed E-state index contributed by atoms with van der Waals surface area (Å²) in [7, 11) is 1.24. The van der Waals surface area contributed by atoms with Gasteiger partial charge < -0.3 is 9.57 Å². The highest BCUT2D eigenvalue weighted by molar-refractivity contribution is 6.04. The molecular weight excluding hydrogens is 289 g/mol. The second kappa shape index (κ2) is 6.71. The third kappa shape index (κ3) is 3.41. The maximum Gasteiger partial charge on any atom is 0.363 e. The van der Waals surface area contributed by atoms with Crippen molar-refractivity contribution in [2.24, 2.45) is 0 Å². The minimum Gasteiger partial charge on any atom is -0.465 e. The summed E-state index contributed by atoms with van der Waals surface area (Å²) >= 11 is 0. The molecule has 0 unspecified atom stereocenters.